The van der Waals surface area contributed by atoms with Crippen LogP contribution in [0.5, 0.6) is 11.5 Å². The Bertz CT molecular complexity index is 920. The third kappa shape index (κ3) is 6.37. The molecule has 2 aromatic carbocycles. The van der Waals surface area contributed by atoms with Crippen molar-refractivity contribution in [2.24, 2.45) is 0 Å². The zero-order valence-electron chi connectivity index (χ0n) is 13.8. The Hall–Kier alpha value is -1.30. The van der Waals surface area contributed by atoms with E-state index in [0.29, 0.717) is 16.6 Å². The Labute approximate surface area is 171 Å². The van der Waals surface area contributed by atoms with E-state index in [9.17, 15) is 21.6 Å². The zero-order chi connectivity index (χ0) is 20.2. The molecule has 2 rings (SSSR count). The van der Waals surface area contributed by atoms with Gasteiger partial charge in [-0.3, -0.25) is 0 Å². The third-order valence-electron chi connectivity index (χ3n) is 3.34. The molecule has 0 aliphatic carbocycles. The van der Waals surface area contributed by atoms with E-state index in [0.717, 1.165) is 17.7 Å². The van der Waals surface area contributed by atoms with Gasteiger partial charge >= 0.3 is 6.36 Å². The number of benzene rings is 2. The number of hydrogen-bond donors (Lipinski definition) is 1. The molecule has 0 aliphatic heterocycles. The number of methoxy groups -OCH3 is 1. The summed E-state index contributed by atoms with van der Waals surface area (Å²) in [5.74, 6) is -0.181. The van der Waals surface area contributed by atoms with E-state index in [4.69, 9.17) is 4.74 Å². The molecule has 0 spiro atoms. The first kappa shape index (κ1) is 22.0. The van der Waals surface area contributed by atoms with E-state index in [1.54, 1.807) is 18.2 Å². The van der Waals surface area contributed by atoms with E-state index in [2.05, 4.69) is 41.3 Å². The molecule has 11 heteroatoms. The predicted octanol–water partition coefficient (Wildman–Crippen LogP) is 4.64. The summed E-state index contributed by atoms with van der Waals surface area (Å²) in [6, 6.07) is 8.55. The number of rotatable bonds is 7. The van der Waals surface area contributed by atoms with Gasteiger partial charge in [0, 0.05) is 11.0 Å². The second kappa shape index (κ2) is 8.80. The van der Waals surface area contributed by atoms with Gasteiger partial charge < -0.3 is 9.47 Å². The molecule has 0 aromatic heterocycles. The van der Waals surface area contributed by atoms with Crippen LogP contribution in [0.2, 0.25) is 0 Å². The molecule has 1 N–H and O–H groups in total. The van der Waals surface area contributed by atoms with Gasteiger partial charge in [-0.1, -0.05) is 22.0 Å². The summed E-state index contributed by atoms with van der Waals surface area (Å²) < 4.78 is 74.6. The molecule has 0 aliphatic rings. The van der Waals surface area contributed by atoms with Crippen LogP contribution in [-0.2, 0) is 16.4 Å². The lowest BCUT2D eigenvalue weighted by atomic mass is 10.1. The smallest absolute Gasteiger partial charge is 0.496 e. The predicted molar refractivity (Wildman–Crippen MR) is 100 cm³/mol. The molecule has 0 atom stereocenters. The fraction of sp³-hybridized carbons (Fsp3) is 0.250. The van der Waals surface area contributed by atoms with E-state index in [1.807, 2.05) is 0 Å². The molecule has 0 saturated heterocycles. The number of halogens is 5. The molecule has 0 amide bonds. The molecular formula is C16H14Br2F3NO4S. The van der Waals surface area contributed by atoms with Crippen LogP contribution in [0.15, 0.2) is 50.2 Å². The third-order valence-corrected chi connectivity index (χ3v) is 5.96. The first-order chi connectivity index (χ1) is 12.5. The second-order valence-corrected chi connectivity index (χ2v) is 8.76. The minimum Gasteiger partial charge on any atom is -0.496 e. The average Bonchev–Trinajstić information content (AvgIpc) is 2.53. The minimum atomic E-state index is -5.01. The Balaban J connectivity index is 2.14. The fourth-order valence-corrected chi connectivity index (χ4v) is 4.25. The Kier molecular flexibility index (Phi) is 7.17. The minimum absolute atomic E-state index is 0.0113. The SMILES string of the molecule is COc1ccc(CCNS(=O)(=O)c2ccc(Br)cc2OC(F)(F)F)cc1Br. The lowest BCUT2D eigenvalue weighted by Gasteiger charge is -2.14. The van der Waals surface area contributed by atoms with Crippen molar-refractivity contribution in [3.8, 4) is 11.5 Å². The highest BCUT2D eigenvalue weighted by atomic mass is 79.9. The van der Waals surface area contributed by atoms with Crippen LogP contribution >= 0.6 is 31.9 Å². The summed E-state index contributed by atoms with van der Waals surface area (Å²) in [4.78, 5) is -0.598. The summed E-state index contributed by atoms with van der Waals surface area (Å²) in [6.07, 6.45) is -4.69. The summed E-state index contributed by atoms with van der Waals surface area (Å²) in [5, 5.41) is 0. The van der Waals surface area contributed by atoms with Crippen LogP contribution in [0.3, 0.4) is 0 Å². The van der Waals surface area contributed by atoms with Gasteiger partial charge in [-0.25, -0.2) is 13.1 Å². The lowest BCUT2D eigenvalue weighted by molar-refractivity contribution is -0.275. The number of alkyl halides is 3. The van der Waals surface area contributed by atoms with Crippen LogP contribution in [-0.4, -0.2) is 28.4 Å². The lowest BCUT2D eigenvalue weighted by Crippen LogP contribution is -2.27. The van der Waals surface area contributed by atoms with Crippen molar-refractivity contribution in [2.45, 2.75) is 17.7 Å². The van der Waals surface area contributed by atoms with Crippen LogP contribution in [0.25, 0.3) is 0 Å². The fourth-order valence-electron chi connectivity index (χ4n) is 2.18. The van der Waals surface area contributed by atoms with Gasteiger partial charge in [-0.05, 0) is 58.2 Å². The number of sulfonamides is 1. The van der Waals surface area contributed by atoms with Crippen molar-refractivity contribution in [1.29, 1.82) is 0 Å². The van der Waals surface area contributed by atoms with Gasteiger partial charge in [0.05, 0.1) is 11.6 Å². The summed E-state index contributed by atoms with van der Waals surface area (Å²) in [6.45, 7) is -0.0113. The van der Waals surface area contributed by atoms with Gasteiger partial charge in [0.15, 0.2) is 5.75 Å². The van der Waals surface area contributed by atoms with Crippen molar-refractivity contribution < 1.29 is 31.1 Å². The van der Waals surface area contributed by atoms with Crippen molar-refractivity contribution in [2.75, 3.05) is 13.7 Å². The Morgan fingerprint density at radius 2 is 1.78 bits per heavy atom. The van der Waals surface area contributed by atoms with Gasteiger partial charge in [-0.15, -0.1) is 13.2 Å². The molecule has 0 unspecified atom stereocenters. The van der Waals surface area contributed by atoms with E-state index < -0.39 is 27.0 Å². The average molecular weight is 533 g/mol. The highest BCUT2D eigenvalue weighted by Crippen LogP contribution is 2.32. The van der Waals surface area contributed by atoms with Crippen LogP contribution in [0.4, 0.5) is 13.2 Å². The first-order valence-electron chi connectivity index (χ1n) is 7.39. The molecule has 148 valence electrons. The quantitative estimate of drug-likeness (QED) is 0.564. The number of hydrogen-bond acceptors (Lipinski definition) is 4. The number of ether oxygens (including phenoxy) is 2. The van der Waals surface area contributed by atoms with Gasteiger partial charge in [-0.2, -0.15) is 0 Å². The normalized spacial score (nSPS) is 12.1. The maximum absolute atomic E-state index is 12.5. The van der Waals surface area contributed by atoms with Crippen LogP contribution in [0.1, 0.15) is 5.56 Å². The van der Waals surface area contributed by atoms with Crippen LogP contribution < -0.4 is 14.2 Å². The molecule has 5 nitrogen and oxygen atoms in total. The maximum Gasteiger partial charge on any atom is 0.573 e. The Morgan fingerprint density at radius 3 is 2.37 bits per heavy atom. The maximum atomic E-state index is 12.5. The molecular weight excluding hydrogens is 519 g/mol. The molecule has 0 saturated carbocycles. The summed E-state index contributed by atoms with van der Waals surface area (Å²) in [5.41, 5.74) is 0.813. The van der Waals surface area contributed by atoms with Crippen molar-refractivity contribution in [3.63, 3.8) is 0 Å². The molecule has 0 radical (unpaired) electrons. The highest BCUT2D eigenvalue weighted by molar-refractivity contribution is 9.10. The van der Waals surface area contributed by atoms with Gasteiger partial charge in [0.2, 0.25) is 10.0 Å². The zero-order valence-corrected chi connectivity index (χ0v) is 17.8. The molecule has 0 fully saturated rings. The van der Waals surface area contributed by atoms with Crippen molar-refractivity contribution >= 4 is 41.9 Å². The number of nitrogens with one attached hydrogen (secondary N) is 1. The summed E-state index contributed by atoms with van der Waals surface area (Å²) >= 11 is 6.32. The van der Waals surface area contributed by atoms with Gasteiger partial charge in [0.25, 0.3) is 0 Å². The van der Waals surface area contributed by atoms with Gasteiger partial charge in [0.1, 0.15) is 10.6 Å². The van der Waals surface area contributed by atoms with Crippen molar-refractivity contribution in [1.82, 2.24) is 4.72 Å². The standard InChI is InChI=1S/C16H14Br2F3NO4S/c1-25-13-4-2-10(8-12(13)18)6-7-22-27(23,24)15-5-3-11(17)9-14(15)26-16(19,20)21/h2-5,8-9,22H,6-7H2,1H3. The molecule has 0 bridgehead atoms. The second-order valence-electron chi connectivity index (χ2n) is 5.26. The molecule has 0 heterocycles. The topological polar surface area (TPSA) is 64.6 Å². The summed E-state index contributed by atoms with van der Waals surface area (Å²) in [7, 11) is -2.68. The Morgan fingerprint density at radius 1 is 1.07 bits per heavy atom. The highest BCUT2D eigenvalue weighted by Gasteiger charge is 2.34. The van der Waals surface area contributed by atoms with Crippen LogP contribution in [0, 0.1) is 0 Å². The molecule has 2 aromatic rings. The van der Waals surface area contributed by atoms with E-state index in [1.165, 1.54) is 13.2 Å². The largest absolute Gasteiger partial charge is 0.573 e. The van der Waals surface area contributed by atoms with Crippen molar-refractivity contribution in [3.05, 3.63) is 50.9 Å². The molecule has 27 heavy (non-hydrogen) atoms. The first-order valence-corrected chi connectivity index (χ1v) is 10.5. The monoisotopic (exact) mass is 531 g/mol. The van der Waals surface area contributed by atoms with E-state index in [-0.39, 0.29) is 11.0 Å². The van der Waals surface area contributed by atoms with E-state index >= 15 is 0 Å².